The molecule has 1 N–H and O–H groups in total. The first-order valence-corrected chi connectivity index (χ1v) is 13.3. The van der Waals surface area contributed by atoms with Crippen LogP contribution in [0, 0.1) is 5.92 Å². The molecule has 2 unspecified atom stereocenters. The number of morpholine rings is 1. The lowest BCUT2D eigenvalue weighted by molar-refractivity contribution is 0.121. The molecular formula is C22H28N6O2S2. The van der Waals surface area contributed by atoms with Crippen molar-refractivity contribution in [1.29, 1.82) is 0 Å². The first-order valence-electron chi connectivity index (χ1n) is 11.6. The predicted octanol–water partition coefficient (Wildman–Crippen LogP) is 3.73. The SMILES string of the molecule is CC1CCc2c(sc3nc(C(C)Sc4nnc(N5CCOCC5)n4C4CC4)[nH]c(=O)c23)C1. The minimum atomic E-state index is -0.0237. The fourth-order valence-electron chi connectivity index (χ4n) is 4.75. The second-order valence-electron chi connectivity index (χ2n) is 9.23. The Morgan fingerprint density at radius 1 is 1.22 bits per heavy atom. The summed E-state index contributed by atoms with van der Waals surface area (Å²) >= 11 is 3.34. The van der Waals surface area contributed by atoms with Crippen molar-refractivity contribution in [3.63, 3.8) is 0 Å². The number of hydrogen-bond acceptors (Lipinski definition) is 8. The first kappa shape index (κ1) is 20.7. The smallest absolute Gasteiger partial charge is 0.259 e. The molecule has 3 aliphatic rings. The van der Waals surface area contributed by atoms with Crippen molar-refractivity contribution < 1.29 is 4.74 Å². The van der Waals surface area contributed by atoms with Gasteiger partial charge in [-0.05, 0) is 50.5 Å². The third-order valence-electron chi connectivity index (χ3n) is 6.70. The number of rotatable bonds is 5. The number of thioether (sulfide) groups is 1. The van der Waals surface area contributed by atoms with E-state index in [0.29, 0.717) is 12.0 Å². The average molecular weight is 473 g/mol. The maximum atomic E-state index is 13.0. The van der Waals surface area contributed by atoms with Crippen LogP contribution in [-0.2, 0) is 17.6 Å². The molecule has 0 bridgehead atoms. The number of hydrogen-bond donors (Lipinski definition) is 1. The van der Waals surface area contributed by atoms with E-state index in [-0.39, 0.29) is 10.8 Å². The quantitative estimate of drug-likeness (QED) is 0.566. The Labute approximate surface area is 194 Å². The molecule has 0 aromatic carbocycles. The van der Waals surface area contributed by atoms with Crippen LogP contribution in [0.15, 0.2) is 9.95 Å². The van der Waals surface area contributed by atoms with Gasteiger partial charge in [-0.3, -0.25) is 9.36 Å². The number of aryl methyl sites for hydroxylation is 1. The normalized spacial score (nSPS) is 22.3. The summed E-state index contributed by atoms with van der Waals surface area (Å²) in [5.74, 6) is 2.35. The van der Waals surface area contributed by atoms with Gasteiger partial charge in [-0.15, -0.1) is 21.5 Å². The van der Waals surface area contributed by atoms with Gasteiger partial charge in [0.1, 0.15) is 10.7 Å². The molecule has 0 amide bonds. The molecule has 2 fully saturated rings. The van der Waals surface area contributed by atoms with Gasteiger partial charge in [-0.2, -0.15) is 0 Å². The van der Waals surface area contributed by atoms with Crippen molar-refractivity contribution in [3.8, 4) is 0 Å². The van der Waals surface area contributed by atoms with E-state index in [4.69, 9.17) is 9.72 Å². The summed E-state index contributed by atoms with van der Waals surface area (Å²) in [4.78, 5) is 25.5. The Bertz CT molecular complexity index is 1210. The van der Waals surface area contributed by atoms with Gasteiger partial charge in [0.05, 0.1) is 23.8 Å². The van der Waals surface area contributed by atoms with E-state index in [1.54, 1.807) is 23.1 Å². The number of ether oxygens (including phenoxy) is 1. The third-order valence-corrected chi connectivity index (χ3v) is 8.92. The number of fused-ring (bicyclic) bond motifs is 3. The molecule has 2 aliphatic carbocycles. The number of nitrogens with one attached hydrogen (secondary N) is 1. The molecule has 32 heavy (non-hydrogen) atoms. The largest absolute Gasteiger partial charge is 0.378 e. The van der Waals surface area contributed by atoms with Crippen LogP contribution in [0.1, 0.15) is 60.7 Å². The molecule has 1 saturated carbocycles. The highest BCUT2D eigenvalue weighted by Gasteiger charge is 2.33. The Morgan fingerprint density at radius 2 is 2.03 bits per heavy atom. The highest BCUT2D eigenvalue weighted by molar-refractivity contribution is 7.99. The zero-order chi connectivity index (χ0) is 21.8. The second-order valence-corrected chi connectivity index (χ2v) is 11.6. The maximum Gasteiger partial charge on any atom is 0.259 e. The van der Waals surface area contributed by atoms with E-state index in [1.807, 2.05) is 0 Å². The summed E-state index contributed by atoms with van der Waals surface area (Å²) in [6.45, 7) is 7.52. The third kappa shape index (κ3) is 3.66. The highest BCUT2D eigenvalue weighted by Crippen LogP contribution is 2.44. The van der Waals surface area contributed by atoms with Crippen molar-refractivity contribution in [1.82, 2.24) is 24.7 Å². The van der Waals surface area contributed by atoms with Crippen LogP contribution in [0.4, 0.5) is 5.95 Å². The van der Waals surface area contributed by atoms with Gasteiger partial charge in [-0.1, -0.05) is 18.7 Å². The number of aromatic nitrogens is 5. The molecule has 10 heteroatoms. The molecular weight excluding hydrogens is 444 g/mol. The Hall–Kier alpha value is -1.91. The van der Waals surface area contributed by atoms with E-state index in [2.05, 4.69) is 38.5 Å². The Balaban J connectivity index is 1.30. The van der Waals surface area contributed by atoms with E-state index >= 15 is 0 Å². The minimum Gasteiger partial charge on any atom is -0.378 e. The van der Waals surface area contributed by atoms with Gasteiger partial charge in [0.25, 0.3) is 5.56 Å². The summed E-state index contributed by atoms with van der Waals surface area (Å²) in [5, 5.41) is 10.8. The van der Waals surface area contributed by atoms with Crippen LogP contribution in [0.25, 0.3) is 10.2 Å². The molecule has 0 radical (unpaired) electrons. The van der Waals surface area contributed by atoms with E-state index in [0.717, 1.165) is 85.6 Å². The molecule has 6 rings (SSSR count). The molecule has 1 saturated heterocycles. The van der Waals surface area contributed by atoms with Crippen molar-refractivity contribution in [2.24, 2.45) is 5.92 Å². The van der Waals surface area contributed by atoms with Gasteiger partial charge >= 0.3 is 0 Å². The summed E-state index contributed by atoms with van der Waals surface area (Å²) in [6, 6.07) is 0.470. The van der Waals surface area contributed by atoms with E-state index < -0.39 is 0 Å². The van der Waals surface area contributed by atoms with Gasteiger partial charge in [-0.25, -0.2) is 4.98 Å². The van der Waals surface area contributed by atoms with Crippen LogP contribution in [0.2, 0.25) is 0 Å². The standard InChI is InChI=1S/C22H28N6O2S2/c1-12-3-6-15-16(11-12)32-20-17(15)19(29)23-18(24-20)13(2)31-22-26-25-21(28(22)14-4-5-14)27-7-9-30-10-8-27/h12-14H,3-11H2,1-2H3,(H,23,24,29). The molecule has 2 atom stereocenters. The fraction of sp³-hybridized carbons (Fsp3) is 0.636. The molecule has 0 spiro atoms. The lowest BCUT2D eigenvalue weighted by Gasteiger charge is -2.28. The van der Waals surface area contributed by atoms with Crippen molar-refractivity contribution >= 4 is 39.3 Å². The molecule has 8 nitrogen and oxygen atoms in total. The number of H-pyrrole nitrogens is 1. The fourth-order valence-corrected chi connectivity index (χ4v) is 7.12. The average Bonchev–Trinajstić information content (AvgIpc) is 3.43. The second kappa shape index (κ2) is 8.14. The van der Waals surface area contributed by atoms with Crippen LogP contribution in [0.5, 0.6) is 0 Å². The number of anilines is 1. The van der Waals surface area contributed by atoms with E-state index in [1.165, 1.54) is 10.4 Å². The Morgan fingerprint density at radius 3 is 2.81 bits per heavy atom. The molecule has 1 aliphatic heterocycles. The number of nitrogens with zero attached hydrogens (tertiary/aromatic N) is 5. The molecule has 3 aromatic heterocycles. The van der Waals surface area contributed by atoms with Gasteiger partial charge < -0.3 is 14.6 Å². The van der Waals surface area contributed by atoms with Crippen LogP contribution in [-0.4, -0.2) is 51.0 Å². The van der Waals surface area contributed by atoms with Crippen molar-refractivity contribution in [2.75, 3.05) is 31.2 Å². The molecule has 170 valence electrons. The zero-order valence-electron chi connectivity index (χ0n) is 18.5. The summed E-state index contributed by atoms with van der Waals surface area (Å²) in [5.41, 5.74) is 1.23. The lowest BCUT2D eigenvalue weighted by atomic mass is 9.89. The van der Waals surface area contributed by atoms with Gasteiger partial charge in [0.15, 0.2) is 5.16 Å². The molecule has 3 aromatic rings. The number of thiophene rings is 1. The van der Waals surface area contributed by atoms with Crippen molar-refractivity contribution in [2.45, 2.75) is 62.4 Å². The number of aromatic amines is 1. The molecule has 4 heterocycles. The summed E-state index contributed by atoms with van der Waals surface area (Å²) in [6.07, 6.45) is 5.52. The highest BCUT2D eigenvalue weighted by atomic mass is 32.2. The van der Waals surface area contributed by atoms with E-state index in [9.17, 15) is 4.79 Å². The van der Waals surface area contributed by atoms with Crippen LogP contribution in [0.3, 0.4) is 0 Å². The van der Waals surface area contributed by atoms with Gasteiger partial charge in [0.2, 0.25) is 5.95 Å². The minimum absolute atomic E-state index is 0.00201. The monoisotopic (exact) mass is 472 g/mol. The van der Waals surface area contributed by atoms with Gasteiger partial charge in [0, 0.05) is 24.0 Å². The lowest BCUT2D eigenvalue weighted by Crippen LogP contribution is -2.38. The Kier molecular flexibility index (Phi) is 5.26. The zero-order valence-corrected chi connectivity index (χ0v) is 20.1. The van der Waals surface area contributed by atoms with Crippen LogP contribution < -0.4 is 10.5 Å². The predicted molar refractivity (Wildman–Crippen MR) is 127 cm³/mol. The van der Waals surface area contributed by atoms with Crippen LogP contribution >= 0.6 is 23.1 Å². The summed E-state index contributed by atoms with van der Waals surface area (Å²) < 4.78 is 7.79. The first-order chi connectivity index (χ1) is 15.6. The summed E-state index contributed by atoms with van der Waals surface area (Å²) in [7, 11) is 0. The topological polar surface area (TPSA) is 88.9 Å². The van der Waals surface area contributed by atoms with Crippen molar-refractivity contribution in [3.05, 3.63) is 26.6 Å². The maximum absolute atomic E-state index is 13.0.